The number of esters is 1. The molecule has 3 amide bonds. The molecule has 2 aliphatic heterocycles. The standard InChI is InChI=1S/C36H37N3O8S/c1-36(2,19-28(41)42)22-37-35(45)46-20-26-21-48-33-29(38-27(40)18-23-12-6-3-7-13-23)32(43)39(33)30(26)34(44)47-31(24-14-8-4-9-15-24)25-16-10-5-11-17-25/h3-17,29,31,33H,18-22H2,1-2H3,(H,37,45)(H,38,40)(H,41,42)/t29-,33-/m1/s1. The van der Waals surface area contributed by atoms with Gasteiger partial charge in [-0.2, -0.15) is 0 Å². The first-order valence-corrected chi connectivity index (χ1v) is 16.5. The number of alkyl carbamates (subject to hydrolysis) is 1. The summed E-state index contributed by atoms with van der Waals surface area (Å²) in [6.07, 6.45) is -1.65. The fraction of sp³-hybridized carbons (Fsp3) is 0.306. The number of hydrogen-bond donors (Lipinski definition) is 3. The van der Waals surface area contributed by atoms with Crippen LogP contribution in [0.1, 0.15) is 43.1 Å². The summed E-state index contributed by atoms with van der Waals surface area (Å²) in [5, 5.41) is 14.0. The van der Waals surface area contributed by atoms with Crippen LogP contribution in [-0.4, -0.2) is 70.2 Å². The lowest BCUT2D eigenvalue weighted by atomic mass is 9.89. The first-order valence-electron chi connectivity index (χ1n) is 15.5. The van der Waals surface area contributed by atoms with Crippen molar-refractivity contribution in [3.8, 4) is 0 Å². The van der Waals surface area contributed by atoms with Crippen molar-refractivity contribution in [3.63, 3.8) is 0 Å². The van der Waals surface area contributed by atoms with Gasteiger partial charge in [0, 0.05) is 17.9 Å². The highest BCUT2D eigenvalue weighted by molar-refractivity contribution is 8.00. The fourth-order valence-electron chi connectivity index (χ4n) is 5.52. The minimum atomic E-state index is -0.990. The average molecular weight is 672 g/mol. The van der Waals surface area contributed by atoms with Gasteiger partial charge in [0.1, 0.15) is 23.7 Å². The van der Waals surface area contributed by atoms with Crippen molar-refractivity contribution in [3.05, 3.63) is 119 Å². The average Bonchev–Trinajstić information content (AvgIpc) is 3.08. The van der Waals surface area contributed by atoms with Crippen LogP contribution in [0, 0.1) is 5.41 Å². The minimum absolute atomic E-state index is 0.0341. The van der Waals surface area contributed by atoms with Crippen molar-refractivity contribution in [2.75, 3.05) is 18.9 Å². The number of ether oxygens (including phenoxy) is 2. The van der Waals surface area contributed by atoms with Gasteiger partial charge in [-0.3, -0.25) is 19.3 Å². The number of fused-ring (bicyclic) bond motifs is 1. The van der Waals surface area contributed by atoms with Crippen LogP contribution in [0.5, 0.6) is 0 Å². The van der Waals surface area contributed by atoms with Crippen molar-refractivity contribution in [2.24, 2.45) is 5.41 Å². The maximum absolute atomic E-state index is 14.1. The van der Waals surface area contributed by atoms with Crippen molar-refractivity contribution >= 4 is 41.6 Å². The van der Waals surface area contributed by atoms with Crippen molar-refractivity contribution in [1.29, 1.82) is 0 Å². The lowest BCUT2D eigenvalue weighted by Gasteiger charge is -2.49. The number of benzene rings is 3. The zero-order valence-corrected chi connectivity index (χ0v) is 27.4. The van der Waals surface area contributed by atoms with Crippen LogP contribution in [0.3, 0.4) is 0 Å². The summed E-state index contributed by atoms with van der Waals surface area (Å²) in [5.74, 6) is -2.34. The molecule has 0 spiro atoms. The first kappa shape index (κ1) is 34.2. The van der Waals surface area contributed by atoms with Crippen molar-refractivity contribution < 1.29 is 38.6 Å². The van der Waals surface area contributed by atoms with E-state index in [4.69, 9.17) is 14.6 Å². The Morgan fingerprint density at radius 3 is 2.10 bits per heavy atom. The monoisotopic (exact) mass is 671 g/mol. The SMILES string of the molecule is CC(C)(CNC(=O)OCC1=C(C(=O)OC(c2ccccc2)c2ccccc2)N2C(=O)[C@@H](NC(=O)Cc3ccccc3)[C@H]2SC1)CC(=O)O. The topological polar surface area (TPSA) is 151 Å². The molecule has 11 nitrogen and oxygen atoms in total. The second kappa shape index (κ2) is 15.2. The quantitative estimate of drug-likeness (QED) is 0.177. The number of nitrogens with one attached hydrogen (secondary N) is 2. The smallest absolute Gasteiger partial charge is 0.407 e. The Bertz CT molecular complexity index is 1640. The van der Waals surface area contributed by atoms with E-state index in [0.29, 0.717) is 5.57 Å². The Kier molecular flexibility index (Phi) is 10.8. The van der Waals surface area contributed by atoms with Gasteiger partial charge in [-0.05, 0) is 22.1 Å². The zero-order chi connectivity index (χ0) is 34.3. The predicted octanol–water partition coefficient (Wildman–Crippen LogP) is 4.44. The number of carbonyl (C=O) groups is 5. The lowest BCUT2D eigenvalue weighted by molar-refractivity contribution is -0.154. The number of nitrogens with zero attached hydrogens (tertiary/aromatic N) is 1. The summed E-state index contributed by atoms with van der Waals surface area (Å²) < 4.78 is 11.6. The number of carbonyl (C=O) groups excluding carboxylic acids is 4. The maximum atomic E-state index is 14.1. The van der Waals surface area contributed by atoms with E-state index in [1.54, 1.807) is 13.8 Å². The Balaban J connectivity index is 1.36. The van der Waals surface area contributed by atoms with Crippen LogP contribution < -0.4 is 10.6 Å². The minimum Gasteiger partial charge on any atom is -0.481 e. The summed E-state index contributed by atoms with van der Waals surface area (Å²) in [4.78, 5) is 65.6. The third kappa shape index (κ3) is 8.43. The van der Waals surface area contributed by atoms with E-state index < -0.39 is 46.9 Å². The summed E-state index contributed by atoms with van der Waals surface area (Å²) in [6, 6.07) is 26.7. The number of β-lactam (4-membered cyclic amide) rings is 1. The van der Waals surface area contributed by atoms with Gasteiger partial charge in [0.2, 0.25) is 5.91 Å². The molecule has 2 aliphatic rings. The van der Waals surface area contributed by atoms with Gasteiger partial charge in [-0.15, -0.1) is 11.8 Å². The summed E-state index contributed by atoms with van der Waals surface area (Å²) >= 11 is 1.34. The van der Waals surface area contributed by atoms with Gasteiger partial charge in [0.25, 0.3) is 5.91 Å². The Morgan fingerprint density at radius 1 is 0.938 bits per heavy atom. The molecule has 0 aromatic heterocycles. The van der Waals surface area contributed by atoms with Crippen LogP contribution >= 0.6 is 11.8 Å². The molecular formula is C36H37N3O8S. The van der Waals surface area contributed by atoms with Gasteiger partial charge < -0.3 is 25.2 Å². The van der Waals surface area contributed by atoms with E-state index in [1.165, 1.54) is 16.7 Å². The molecule has 0 aliphatic carbocycles. The maximum Gasteiger partial charge on any atom is 0.407 e. The molecule has 0 radical (unpaired) electrons. The molecule has 250 valence electrons. The number of thioether (sulfide) groups is 1. The van der Waals surface area contributed by atoms with E-state index in [2.05, 4.69) is 10.6 Å². The summed E-state index contributed by atoms with van der Waals surface area (Å²) in [6.45, 7) is 3.14. The Labute approximate surface area is 282 Å². The molecule has 2 atom stereocenters. The highest BCUT2D eigenvalue weighted by Gasteiger charge is 2.54. The highest BCUT2D eigenvalue weighted by atomic mass is 32.2. The molecule has 0 saturated carbocycles. The first-order chi connectivity index (χ1) is 23.0. The number of amides is 3. The van der Waals surface area contributed by atoms with Crippen molar-refractivity contribution in [1.82, 2.24) is 15.5 Å². The van der Waals surface area contributed by atoms with Gasteiger partial charge in [-0.25, -0.2) is 9.59 Å². The Hall–Kier alpha value is -5.10. The van der Waals surface area contributed by atoms with Crippen LogP contribution in [0.2, 0.25) is 0 Å². The molecule has 5 rings (SSSR count). The van der Waals surface area contributed by atoms with E-state index in [0.717, 1.165) is 16.7 Å². The largest absolute Gasteiger partial charge is 0.481 e. The molecule has 3 aromatic rings. The van der Waals surface area contributed by atoms with Gasteiger partial charge in [-0.1, -0.05) is 105 Å². The molecule has 2 heterocycles. The number of aliphatic carboxylic acids is 1. The molecule has 0 bridgehead atoms. The third-order valence-corrected chi connectivity index (χ3v) is 9.25. The molecule has 12 heteroatoms. The second-order valence-corrected chi connectivity index (χ2v) is 13.4. The van der Waals surface area contributed by atoms with Crippen LogP contribution in [-0.2, 0) is 35.1 Å². The molecule has 3 aromatic carbocycles. The Morgan fingerprint density at radius 2 is 1.52 bits per heavy atom. The molecular weight excluding hydrogens is 634 g/mol. The molecule has 1 fully saturated rings. The van der Waals surface area contributed by atoms with Crippen LogP contribution in [0.15, 0.2) is 102 Å². The molecule has 48 heavy (non-hydrogen) atoms. The summed E-state index contributed by atoms with van der Waals surface area (Å²) in [7, 11) is 0. The van der Waals surface area contributed by atoms with Crippen molar-refractivity contribution in [2.45, 2.75) is 44.2 Å². The molecule has 1 saturated heterocycles. The van der Waals surface area contributed by atoms with Gasteiger partial charge >= 0.3 is 18.0 Å². The number of rotatable bonds is 13. The van der Waals surface area contributed by atoms with E-state index in [-0.39, 0.29) is 43.4 Å². The third-order valence-electron chi connectivity index (χ3n) is 7.91. The van der Waals surface area contributed by atoms with E-state index in [1.807, 2.05) is 91.0 Å². The van der Waals surface area contributed by atoms with Gasteiger partial charge in [0.05, 0.1) is 12.8 Å². The lowest BCUT2D eigenvalue weighted by Crippen LogP contribution is -2.70. The summed E-state index contributed by atoms with van der Waals surface area (Å²) in [5.41, 5.74) is 1.86. The van der Waals surface area contributed by atoms with Crippen LogP contribution in [0.25, 0.3) is 0 Å². The van der Waals surface area contributed by atoms with E-state index >= 15 is 0 Å². The van der Waals surface area contributed by atoms with Gasteiger partial charge in [0.15, 0.2) is 6.10 Å². The normalized spacial score (nSPS) is 17.2. The molecule has 3 N–H and O–H groups in total. The number of carboxylic acid groups (broad SMARTS) is 1. The molecule has 0 unspecified atom stereocenters. The highest BCUT2D eigenvalue weighted by Crippen LogP contribution is 2.41. The second-order valence-electron chi connectivity index (χ2n) is 12.3. The number of hydrogen-bond acceptors (Lipinski definition) is 8. The van der Waals surface area contributed by atoms with Crippen LogP contribution in [0.4, 0.5) is 4.79 Å². The number of carboxylic acids is 1. The van der Waals surface area contributed by atoms with E-state index in [9.17, 15) is 24.0 Å². The fourth-order valence-corrected chi connectivity index (χ4v) is 6.85. The zero-order valence-electron chi connectivity index (χ0n) is 26.6. The predicted molar refractivity (Wildman–Crippen MR) is 178 cm³/mol.